The zero-order valence-electron chi connectivity index (χ0n) is 15.8. The summed E-state index contributed by atoms with van der Waals surface area (Å²) in [4.78, 5) is 13.8. The number of amides is 1. The van der Waals surface area contributed by atoms with Crippen molar-refractivity contribution in [3.63, 3.8) is 0 Å². The topological polar surface area (TPSA) is 78.5 Å². The first kappa shape index (κ1) is 21.4. The van der Waals surface area contributed by atoms with Crippen molar-refractivity contribution in [2.45, 2.75) is 24.3 Å². The maximum Gasteiger partial charge on any atom is 0.240 e. The van der Waals surface area contributed by atoms with E-state index in [0.717, 1.165) is 31.6 Å². The zero-order valence-corrected chi connectivity index (χ0v) is 16.6. The smallest absolute Gasteiger partial charge is 0.240 e. The third-order valence-electron chi connectivity index (χ3n) is 4.81. The Morgan fingerprint density at radius 2 is 1.79 bits per heavy atom. The molecule has 0 radical (unpaired) electrons. The Kier molecular flexibility index (Phi) is 6.94. The molecular weight excluding hydrogens is 400 g/mol. The van der Waals surface area contributed by atoms with E-state index in [2.05, 4.69) is 27.1 Å². The van der Waals surface area contributed by atoms with Gasteiger partial charge in [0.2, 0.25) is 15.9 Å². The van der Waals surface area contributed by atoms with Crippen LogP contribution in [-0.2, 0) is 27.8 Å². The summed E-state index contributed by atoms with van der Waals surface area (Å²) in [6, 6.07) is 10.6. The first-order valence-corrected chi connectivity index (χ1v) is 10.8. The summed E-state index contributed by atoms with van der Waals surface area (Å²) >= 11 is 0. The van der Waals surface area contributed by atoms with Crippen LogP contribution in [0.3, 0.4) is 0 Å². The zero-order chi connectivity index (χ0) is 20.9. The van der Waals surface area contributed by atoms with Gasteiger partial charge < -0.3 is 5.32 Å². The minimum absolute atomic E-state index is 0.0499. The van der Waals surface area contributed by atoms with E-state index in [1.165, 1.54) is 11.1 Å². The monoisotopic (exact) mass is 423 g/mol. The van der Waals surface area contributed by atoms with Crippen molar-refractivity contribution < 1.29 is 22.0 Å². The van der Waals surface area contributed by atoms with Crippen molar-refractivity contribution >= 4 is 15.9 Å². The normalized spacial score (nSPS) is 14.4. The standard InChI is InChI=1S/C20H23F2N3O3S/c21-18-6-5-17(13-19(18)22)29(27,28)24-9-7-20(26)23-10-12-25-11-8-15-3-1-2-4-16(15)14-25/h1-6,13,24H,7-12,14H2,(H,23,26). The molecule has 2 aromatic rings. The summed E-state index contributed by atoms with van der Waals surface area (Å²) in [6.07, 6.45) is 0.932. The predicted molar refractivity (Wildman–Crippen MR) is 105 cm³/mol. The summed E-state index contributed by atoms with van der Waals surface area (Å²) in [5, 5.41) is 2.77. The van der Waals surface area contributed by atoms with E-state index in [-0.39, 0.29) is 23.8 Å². The van der Waals surface area contributed by atoms with E-state index in [0.29, 0.717) is 19.2 Å². The van der Waals surface area contributed by atoms with Gasteiger partial charge in [-0.2, -0.15) is 0 Å². The lowest BCUT2D eigenvalue weighted by Crippen LogP contribution is -2.38. The highest BCUT2D eigenvalue weighted by molar-refractivity contribution is 7.89. The molecule has 0 aromatic heterocycles. The van der Waals surface area contributed by atoms with Crippen LogP contribution in [0.2, 0.25) is 0 Å². The number of nitrogens with zero attached hydrogens (tertiary/aromatic N) is 1. The number of benzene rings is 2. The third kappa shape index (κ3) is 5.81. The lowest BCUT2D eigenvalue weighted by molar-refractivity contribution is -0.121. The predicted octanol–water partition coefficient (Wildman–Crippen LogP) is 1.81. The lowest BCUT2D eigenvalue weighted by atomic mass is 10.00. The van der Waals surface area contributed by atoms with E-state index in [4.69, 9.17) is 0 Å². The molecule has 0 bridgehead atoms. The number of sulfonamides is 1. The SMILES string of the molecule is O=C(CCNS(=O)(=O)c1ccc(F)c(F)c1)NCCN1CCc2ccccc2C1. The Bertz CT molecular complexity index is 983. The molecule has 0 saturated heterocycles. The maximum atomic E-state index is 13.2. The summed E-state index contributed by atoms with van der Waals surface area (Å²) in [6.45, 7) is 2.82. The fraction of sp³-hybridized carbons (Fsp3) is 0.350. The molecule has 156 valence electrons. The van der Waals surface area contributed by atoms with Gasteiger partial charge in [0.05, 0.1) is 4.90 Å². The molecule has 1 heterocycles. The molecule has 3 rings (SSSR count). The summed E-state index contributed by atoms with van der Waals surface area (Å²) < 4.78 is 52.5. The number of rotatable bonds is 8. The van der Waals surface area contributed by atoms with Crippen molar-refractivity contribution in [1.82, 2.24) is 14.9 Å². The number of fused-ring (bicyclic) bond motifs is 1. The van der Waals surface area contributed by atoms with E-state index >= 15 is 0 Å². The number of hydrogen-bond donors (Lipinski definition) is 2. The van der Waals surface area contributed by atoms with Gasteiger partial charge in [-0.3, -0.25) is 9.69 Å². The molecule has 0 unspecified atom stereocenters. The van der Waals surface area contributed by atoms with Gasteiger partial charge in [0.25, 0.3) is 0 Å². The van der Waals surface area contributed by atoms with Gasteiger partial charge in [0, 0.05) is 39.1 Å². The number of carbonyl (C=O) groups is 1. The largest absolute Gasteiger partial charge is 0.355 e. The van der Waals surface area contributed by atoms with Gasteiger partial charge in [0.15, 0.2) is 11.6 Å². The Balaban J connectivity index is 1.37. The second-order valence-electron chi connectivity index (χ2n) is 6.87. The second-order valence-corrected chi connectivity index (χ2v) is 8.64. The Hall–Kier alpha value is -2.36. The fourth-order valence-electron chi connectivity index (χ4n) is 3.21. The Morgan fingerprint density at radius 1 is 1.03 bits per heavy atom. The molecule has 2 aromatic carbocycles. The molecule has 2 N–H and O–H groups in total. The highest BCUT2D eigenvalue weighted by Crippen LogP contribution is 2.17. The van der Waals surface area contributed by atoms with Gasteiger partial charge in [-0.1, -0.05) is 24.3 Å². The molecule has 1 amide bonds. The van der Waals surface area contributed by atoms with Crippen LogP contribution in [0.4, 0.5) is 8.78 Å². The second kappa shape index (κ2) is 9.43. The van der Waals surface area contributed by atoms with Gasteiger partial charge in [0.1, 0.15) is 0 Å². The van der Waals surface area contributed by atoms with E-state index < -0.39 is 21.7 Å². The van der Waals surface area contributed by atoms with Crippen molar-refractivity contribution in [3.05, 3.63) is 65.2 Å². The number of hydrogen-bond acceptors (Lipinski definition) is 4. The summed E-state index contributed by atoms with van der Waals surface area (Å²) in [7, 11) is -4.01. The van der Waals surface area contributed by atoms with E-state index in [1.807, 2.05) is 12.1 Å². The average molecular weight is 423 g/mol. The van der Waals surface area contributed by atoms with Crippen LogP contribution in [-0.4, -0.2) is 45.4 Å². The van der Waals surface area contributed by atoms with Crippen LogP contribution < -0.4 is 10.0 Å². The van der Waals surface area contributed by atoms with Crippen molar-refractivity contribution in [3.8, 4) is 0 Å². The Morgan fingerprint density at radius 3 is 2.55 bits per heavy atom. The summed E-state index contributed by atoms with van der Waals surface area (Å²) in [5.74, 6) is -2.65. The van der Waals surface area contributed by atoms with Crippen molar-refractivity contribution in [1.29, 1.82) is 0 Å². The van der Waals surface area contributed by atoms with Gasteiger partial charge in [-0.15, -0.1) is 0 Å². The van der Waals surface area contributed by atoms with E-state index in [9.17, 15) is 22.0 Å². The molecule has 1 aliphatic heterocycles. The summed E-state index contributed by atoms with van der Waals surface area (Å²) in [5.41, 5.74) is 2.66. The third-order valence-corrected chi connectivity index (χ3v) is 6.26. The number of halogens is 2. The molecule has 29 heavy (non-hydrogen) atoms. The Labute approximate surface area is 169 Å². The first-order valence-electron chi connectivity index (χ1n) is 9.36. The molecule has 1 aliphatic rings. The molecule has 9 heteroatoms. The van der Waals surface area contributed by atoms with Gasteiger partial charge in [-0.05, 0) is 35.7 Å². The maximum absolute atomic E-state index is 13.2. The quantitative estimate of drug-likeness (QED) is 0.679. The van der Waals surface area contributed by atoms with Crippen LogP contribution in [0, 0.1) is 11.6 Å². The molecule has 0 atom stereocenters. The first-order chi connectivity index (χ1) is 13.8. The van der Waals surface area contributed by atoms with Gasteiger partial charge >= 0.3 is 0 Å². The number of carbonyl (C=O) groups excluding carboxylic acids is 1. The van der Waals surface area contributed by atoms with Crippen LogP contribution in [0.15, 0.2) is 47.4 Å². The minimum atomic E-state index is -4.01. The van der Waals surface area contributed by atoms with Crippen LogP contribution in [0.1, 0.15) is 17.5 Å². The molecule has 6 nitrogen and oxygen atoms in total. The van der Waals surface area contributed by atoms with Crippen LogP contribution in [0.5, 0.6) is 0 Å². The molecule has 0 saturated carbocycles. The molecule has 0 aliphatic carbocycles. The molecule has 0 spiro atoms. The lowest BCUT2D eigenvalue weighted by Gasteiger charge is -2.28. The number of nitrogens with one attached hydrogen (secondary N) is 2. The highest BCUT2D eigenvalue weighted by Gasteiger charge is 2.17. The van der Waals surface area contributed by atoms with Crippen LogP contribution >= 0.6 is 0 Å². The minimum Gasteiger partial charge on any atom is -0.355 e. The van der Waals surface area contributed by atoms with Crippen LogP contribution in [0.25, 0.3) is 0 Å². The van der Waals surface area contributed by atoms with Crippen molar-refractivity contribution in [2.24, 2.45) is 0 Å². The highest BCUT2D eigenvalue weighted by atomic mass is 32.2. The van der Waals surface area contributed by atoms with Gasteiger partial charge in [-0.25, -0.2) is 21.9 Å². The average Bonchev–Trinajstić information content (AvgIpc) is 2.69. The van der Waals surface area contributed by atoms with Crippen molar-refractivity contribution in [2.75, 3.05) is 26.2 Å². The van der Waals surface area contributed by atoms with E-state index in [1.54, 1.807) is 0 Å². The fourth-order valence-corrected chi connectivity index (χ4v) is 4.26. The molecule has 0 fully saturated rings. The molecular formula is C20H23F2N3O3S.